The molecule has 1 aliphatic rings. The molecule has 1 aliphatic heterocycles. The molecule has 1 heterocycles. The van der Waals surface area contributed by atoms with Gasteiger partial charge in [-0.25, -0.2) is 0 Å². The quantitative estimate of drug-likeness (QED) is 0.241. The lowest BCUT2D eigenvalue weighted by Crippen LogP contribution is -2.36. The van der Waals surface area contributed by atoms with Gasteiger partial charge in [0, 0.05) is 38.4 Å². The van der Waals surface area contributed by atoms with E-state index in [4.69, 9.17) is 0 Å². The summed E-state index contributed by atoms with van der Waals surface area (Å²) < 4.78 is 12.1. The van der Waals surface area contributed by atoms with Crippen molar-refractivity contribution in [3.63, 3.8) is 0 Å². The first-order chi connectivity index (χ1) is 17.3. The van der Waals surface area contributed by atoms with Crippen molar-refractivity contribution in [3.8, 4) is 11.5 Å². The first kappa shape index (κ1) is 29.1. The van der Waals surface area contributed by atoms with Crippen LogP contribution < -0.4 is 0 Å². The Morgan fingerprint density at radius 1 is 0.889 bits per heavy atom. The summed E-state index contributed by atoms with van der Waals surface area (Å²) in [4.78, 5) is 3.36. The van der Waals surface area contributed by atoms with Gasteiger partial charge in [-0.1, -0.05) is 63.6 Å². The first-order valence-corrected chi connectivity index (χ1v) is 16.0. The van der Waals surface area contributed by atoms with Gasteiger partial charge in [-0.2, -0.15) is 0 Å². The summed E-state index contributed by atoms with van der Waals surface area (Å²) in [6, 6.07) is 13.6. The number of nitrogens with zero attached hydrogens (tertiary/aromatic N) is 1. The number of thioether (sulfide) groups is 1. The Morgan fingerprint density at radius 3 is 2.19 bits per heavy atom. The number of aromatic hydroxyl groups is 2. The van der Waals surface area contributed by atoms with E-state index in [1.165, 1.54) is 54.5 Å². The second kappa shape index (κ2) is 14.4. The third-order valence-corrected chi connectivity index (χ3v) is 10.4. The molecule has 6 heteroatoms. The van der Waals surface area contributed by atoms with E-state index >= 15 is 0 Å². The Hall–Kier alpha value is -1.50. The van der Waals surface area contributed by atoms with Crippen LogP contribution in [0.3, 0.4) is 0 Å². The van der Waals surface area contributed by atoms with Gasteiger partial charge in [0.05, 0.1) is 0 Å². The van der Waals surface area contributed by atoms with Gasteiger partial charge in [-0.15, -0.1) is 11.8 Å². The molecule has 0 radical (unpaired) electrons. The minimum absolute atomic E-state index is 0.00939. The summed E-state index contributed by atoms with van der Waals surface area (Å²) in [5, 5.41) is 19.8. The lowest BCUT2D eigenvalue weighted by Gasteiger charge is -2.43. The molecular weight excluding hydrogens is 486 g/mol. The average molecular weight is 532 g/mol. The summed E-state index contributed by atoms with van der Waals surface area (Å²) >= 11 is 1.83. The van der Waals surface area contributed by atoms with Crippen LogP contribution in [0.15, 0.2) is 47.4 Å². The second-order valence-electron chi connectivity index (χ2n) is 10.8. The highest BCUT2D eigenvalue weighted by molar-refractivity contribution is 7.99. The molecule has 0 aliphatic carbocycles. The van der Waals surface area contributed by atoms with Crippen molar-refractivity contribution >= 4 is 22.6 Å². The minimum Gasteiger partial charge on any atom is -0.508 e. The van der Waals surface area contributed by atoms with Gasteiger partial charge in [0.1, 0.15) is 11.5 Å². The second-order valence-corrected chi connectivity index (χ2v) is 13.5. The number of hydrogen-bond acceptors (Lipinski definition) is 5. The number of hydrogen-bond donors (Lipinski definition) is 2. The molecule has 1 unspecified atom stereocenters. The molecule has 2 aromatic rings. The number of phenols is 2. The molecule has 3 rings (SSSR count). The molecule has 4 nitrogen and oxygen atoms in total. The van der Waals surface area contributed by atoms with Crippen LogP contribution in [0, 0.1) is 0 Å². The fourth-order valence-corrected chi connectivity index (χ4v) is 7.93. The summed E-state index contributed by atoms with van der Waals surface area (Å²) in [5.41, 5.74) is 2.61. The standard InChI is InChI=1S/C30H45NO3S2/c1-30(24-13-15-25(32)16-14-24)23-35-29-22-26(33)17-18-27(29)28(30)12-9-7-5-4-6-8-10-20-36(34)21-11-19-31(2)3/h13-18,22,28,32-33H,4-12,19-21,23H2,1-3H3/t28-,30-,36?/m1/s1. The van der Waals surface area contributed by atoms with E-state index in [1.807, 2.05) is 23.9 Å². The van der Waals surface area contributed by atoms with Crippen molar-refractivity contribution < 1.29 is 14.4 Å². The van der Waals surface area contributed by atoms with E-state index in [2.05, 4.69) is 44.1 Å². The van der Waals surface area contributed by atoms with E-state index in [9.17, 15) is 14.4 Å². The normalized spacial score (nSPS) is 20.4. The number of rotatable bonds is 15. The summed E-state index contributed by atoms with van der Waals surface area (Å²) in [6.07, 6.45) is 10.6. The van der Waals surface area contributed by atoms with Crippen LogP contribution in [0.1, 0.15) is 81.8 Å². The Labute approximate surface area is 225 Å². The monoisotopic (exact) mass is 531 g/mol. The van der Waals surface area contributed by atoms with Crippen LogP contribution in [-0.4, -0.2) is 57.2 Å². The highest BCUT2D eigenvalue weighted by Crippen LogP contribution is 2.52. The molecule has 0 amide bonds. The van der Waals surface area contributed by atoms with Gasteiger partial charge >= 0.3 is 0 Å². The molecule has 36 heavy (non-hydrogen) atoms. The maximum absolute atomic E-state index is 12.1. The highest BCUT2D eigenvalue weighted by atomic mass is 32.2. The zero-order valence-corrected chi connectivity index (χ0v) is 24.0. The van der Waals surface area contributed by atoms with Crippen LogP contribution in [0.2, 0.25) is 0 Å². The van der Waals surface area contributed by atoms with Gasteiger partial charge in [0.2, 0.25) is 0 Å². The maximum Gasteiger partial charge on any atom is 0.116 e. The number of benzene rings is 2. The van der Waals surface area contributed by atoms with Crippen LogP contribution >= 0.6 is 11.8 Å². The van der Waals surface area contributed by atoms with Crippen LogP contribution in [0.25, 0.3) is 0 Å². The van der Waals surface area contributed by atoms with Gasteiger partial charge in [-0.05, 0) is 81.2 Å². The first-order valence-electron chi connectivity index (χ1n) is 13.5. The van der Waals surface area contributed by atoms with Gasteiger partial charge in [0.25, 0.3) is 0 Å². The molecular formula is C30H45NO3S2. The van der Waals surface area contributed by atoms with E-state index < -0.39 is 10.8 Å². The Balaban J connectivity index is 1.44. The Bertz CT molecular complexity index is 963. The SMILES string of the molecule is CN(C)CCCS(=O)CCCCCCCCC[C@@H]1c2ccc(O)cc2SC[C@]1(C)c1ccc(O)cc1. The molecule has 0 bridgehead atoms. The third-order valence-electron chi connectivity index (χ3n) is 7.54. The van der Waals surface area contributed by atoms with Crippen LogP contribution in [0.4, 0.5) is 0 Å². The lowest BCUT2D eigenvalue weighted by atomic mass is 9.68. The van der Waals surface area contributed by atoms with Crippen LogP contribution in [-0.2, 0) is 16.2 Å². The van der Waals surface area contributed by atoms with Crippen molar-refractivity contribution in [2.24, 2.45) is 0 Å². The molecule has 3 atom stereocenters. The van der Waals surface area contributed by atoms with Gasteiger partial charge in [0.15, 0.2) is 0 Å². The maximum atomic E-state index is 12.1. The number of unbranched alkanes of at least 4 members (excludes halogenated alkanes) is 6. The summed E-state index contributed by atoms with van der Waals surface area (Å²) in [6.45, 7) is 3.38. The number of fused-ring (bicyclic) bond motifs is 1. The average Bonchev–Trinajstić information content (AvgIpc) is 2.84. The number of phenolic OH excluding ortho intramolecular Hbond substituents is 2. The van der Waals surface area contributed by atoms with E-state index in [0.717, 1.165) is 43.1 Å². The summed E-state index contributed by atoms with van der Waals surface area (Å²) in [7, 11) is 3.48. The van der Waals surface area contributed by atoms with Crippen molar-refractivity contribution in [2.45, 2.75) is 80.9 Å². The largest absolute Gasteiger partial charge is 0.508 e. The smallest absolute Gasteiger partial charge is 0.116 e. The molecule has 2 N–H and O–H groups in total. The van der Waals surface area contributed by atoms with Gasteiger partial charge < -0.3 is 15.1 Å². The highest BCUT2D eigenvalue weighted by Gasteiger charge is 2.41. The van der Waals surface area contributed by atoms with E-state index in [1.54, 1.807) is 12.1 Å². The molecule has 2 aromatic carbocycles. The van der Waals surface area contributed by atoms with Crippen molar-refractivity contribution in [1.82, 2.24) is 4.90 Å². The third kappa shape index (κ3) is 8.53. The summed E-state index contributed by atoms with van der Waals surface area (Å²) in [5.74, 6) is 3.70. The predicted molar refractivity (Wildman–Crippen MR) is 155 cm³/mol. The fourth-order valence-electron chi connectivity index (χ4n) is 5.35. The van der Waals surface area contributed by atoms with E-state index in [-0.39, 0.29) is 5.41 Å². The topological polar surface area (TPSA) is 60.8 Å². The minimum atomic E-state index is -0.652. The zero-order valence-electron chi connectivity index (χ0n) is 22.4. The molecule has 0 fully saturated rings. The van der Waals surface area contributed by atoms with Crippen molar-refractivity contribution in [1.29, 1.82) is 0 Å². The molecule has 200 valence electrons. The molecule has 0 saturated carbocycles. The van der Waals surface area contributed by atoms with Crippen LogP contribution in [0.5, 0.6) is 11.5 Å². The zero-order chi connectivity index (χ0) is 26.0. The fraction of sp³-hybridized carbons (Fsp3) is 0.600. The van der Waals surface area contributed by atoms with E-state index in [0.29, 0.717) is 17.4 Å². The molecule has 0 spiro atoms. The Morgan fingerprint density at radius 2 is 1.50 bits per heavy atom. The lowest BCUT2D eigenvalue weighted by molar-refractivity contribution is 0.370. The van der Waals surface area contributed by atoms with Crippen molar-refractivity contribution in [3.05, 3.63) is 53.6 Å². The van der Waals surface area contributed by atoms with Gasteiger partial charge in [-0.3, -0.25) is 4.21 Å². The molecule has 0 saturated heterocycles. The Kier molecular flexibility index (Phi) is 11.7. The van der Waals surface area contributed by atoms with Crippen molar-refractivity contribution in [2.75, 3.05) is 37.9 Å². The molecule has 0 aromatic heterocycles. The predicted octanol–water partition coefficient (Wildman–Crippen LogP) is 7.07.